The lowest BCUT2D eigenvalue weighted by molar-refractivity contribution is -0.432. The average Bonchev–Trinajstić information content (AvgIpc) is 2.85. The largest absolute Gasteiger partial charge is 0.527 e. The standard InChI is InChI=1S/C29H12F12O3/c1-2-12-3-4-16(17(30)5-12)13-6-18(31)24(19(32)7-13)14-8-20(33)25(21(34)9-14)27(42)43-15-10-22(35)26(23(36)11-15)28(37,38)44-29(39,40)41/h2-11H,1H2. The molecular formula is C29H12F12O3. The molecule has 0 aliphatic rings. The molecule has 4 rings (SSSR count). The molecule has 0 heterocycles. The number of ether oxygens (including phenoxy) is 2. The molecule has 0 atom stereocenters. The number of alkyl halides is 5. The Balaban J connectivity index is 1.64. The lowest BCUT2D eigenvalue weighted by Crippen LogP contribution is -2.29. The first-order valence-corrected chi connectivity index (χ1v) is 11.7. The molecule has 0 radical (unpaired) electrons. The minimum Gasteiger partial charge on any atom is -0.423 e. The van der Waals surface area contributed by atoms with Gasteiger partial charge in [-0.15, -0.1) is 13.2 Å². The highest BCUT2D eigenvalue weighted by atomic mass is 19.4. The van der Waals surface area contributed by atoms with Crippen LogP contribution in [0.4, 0.5) is 52.7 Å². The molecule has 0 fully saturated rings. The van der Waals surface area contributed by atoms with E-state index in [-0.39, 0.29) is 23.3 Å². The van der Waals surface area contributed by atoms with Gasteiger partial charge in [-0.3, -0.25) is 0 Å². The van der Waals surface area contributed by atoms with E-state index in [1.165, 1.54) is 18.2 Å². The Morgan fingerprint density at radius 2 is 1.18 bits per heavy atom. The molecular weight excluding hydrogens is 624 g/mol. The topological polar surface area (TPSA) is 35.5 Å². The quantitative estimate of drug-likeness (QED) is 0.115. The number of carbonyl (C=O) groups excluding carboxylic acids is 1. The van der Waals surface area contributed by atoms with Crippen molar-refractivity contribution in [2.24, 2.45) is 0 Å². The lowest BCUT2D eigenvalue weighted by Gasteiger charge is -2.20. The molecule has 0 aliphatic carbocycles. The van der Waals surface area contributed by atoms with E-state index >= 15 is 0 Å². The van der Waals surface area contributed by atoms with Gasteiger partial charge in [0.2, 0.25) is 0 Å². The summed E-state index contributed by atoms with van der Waals surface area (Å²) in [6.45, 7) is 3.46. The molecule has 4 aromatic rings. The van der Waals surface area contributed by atoms with E-state index in [2.05, 4.69) is 16.1 Å². The van der Waals surface area contributed by atoms with E-state index < -0.39 is 87.2 Å². The first-order valence-electron chi connectivity index (χ1n) is 11.7. The Bertz CT molecular complexity index is 1730. The molecule has 44 heavy (non-hydrogen) atoms. The second-order valence-corrected chi connectivity index (χ2v) is 8.79. The summed E-state index contributed by atoms with van der Waals surface area (Å²) in [7, 11) is 0. The Kier molecular flexibility index (Phi) is 8.55. The fourth-order valence-electron chi connectivity index (χ4n) is 4.05. The zero-order chi connectivity index (χ0) is 32.7. The fraction of sp³-hybridized carbons (Fsp3) is 0.0690. The van der Waals surface area contributed by atoms with Gasteiger partial charge in [-0.05, 0) is 47.0 Å². The third-order valence-corrected chi connectivity index (χ3v) is 5.88. The van der Waals surface area contributed by atoms with Crippen molar-refractivity contribution >= 4 is 12.0 Å². The van der Waals surface area contributed by atoms with E-state index in [0.29, 0.717) is 29.8 Å². The predicted octanol–water partition coefficient (Wildman–Crippen LogP) is 9.44. The number of halogens is 12. The maximum Gasteiger partial charge on any atom is 0.527 e. The smallest absolute Gasteiger partial charge is 0.423 e. The van der Waals surface area contributed by atoms with Gasteiger partial charge >= 0.3 is 18.4 Å². The first-order chi connectivity index (χ1) is 20.4. The van der Waals surface area contributed by atoms with Crippen molar-refractivity contribution in [3.05, 3.63) is 119 Å². The first kappa shape index (κ1) is 32.1. The van der Waals surface area contributed by atoms with Crippen LogP contribution < -0.4 is 4.74 Å². The molecule has 0 aliphatic heterocycles. The second-order valence-electron chi connectivity index (χ2n) is 8.79. The van der Waals surface area contributed by atoms with Crippen LogP contribution in [0, 0.1) is 40.7 Å². The van der Waals surface area contributed by atoms with E-state index in [1.807, 2.05) is 0 Å². The average molecular weight is 636 g/mol. The van der Waals surface area contributed by atoms with Gasteiger partial charge in [-0.25, -0.2) is 40.3 Å². The summed E-state index contributed by atoms with van der Waals surface area (Å²) in [5, 5.41) is 0. The van der Waals surface area contributed by atoms with Crippen molar-refractivity contribution < 1.29 is 67.0 Å². The van der Waals surface area contributed by atoms with E-state index in [0.717, 1.165) is 6.07 Å². The fourth-order valence-corrected chi connectivity index (χ4v) is 4.05. The highest BCUT2D eigenvalue weighted by Gasteiger charge is 2.49. The second kappa shape index (κ2) is 11.7. The third kappa shape index (κ3) is 6.56. The van der Waals surface area contributed by atoms with Crippen LogP contribution in [-0.4, -0.2) is 12.3 Å². The minimum absolute atomic E-state index is 0.186. The molecule has 4 aromatic carbocycles. The Morgan fingerprint density at radius 3 is 1.66 bits per heavy atom. The van der Waals surface area contributed by atoms with Gasteiger partial charge in [0.25, 0.3) is 0 Å². The Hall–Kier alpha value is -4.79. The van der Waals surface area contributed by atoms with Gasteiger partial charge < -0.3 is 4.74 Å². The molecule has 0 N–H and O–H groups in total. The number of benzene rings is 4. The van der Waals surface area contributed by atoms with Gasteiger partial charge in [-0.1, -0.05) is 24.8 Å². The van der Waals surface area contributed by atoms with Crippen molar-refractivity contribution in [1.29, 1.82) is 0 Å². The third-order valence-electron chi connectivity index (χ3n) is 5.88. The van der Waals surface area contributed by atoms with Crippen molar-refractivity contribution in [2.75, 3.05) is 0 Å². The van der Waals surface area contributed by atoms with Crippen molar-refractivity contribution in [2.45, 2.75) is 12.5 Å². The molecule has 15 heteroatoms. The van der Waals surface area contributed by atoms with Crippen LogP contribution >= 0.6 is 0 Å². The molecule has 0 amide bonds. The van der Waals surface area contributed by atoms with Gasteiger partial charge in [0.1, 0.15) is 57.6 Å². The zero-order valence-corrected chi connectivity index (χ0v) is 21.2. The van der Waals surface area contributed by atoms with E-state index in [4.69, 9.17) is 0 Å². The van der Waals surface area contributed by atoms with Crippen LogP contribution in [0.2, 0.25) is 0 Å². The summed E-state index contributed by atoms with van der Waals surface area (Å²) in [5.74, 6) is -15.3. The van der Waals surface area contributed by atoms with Crippen LogP contribution in [0.25, 0.3) is 28.3 Å². The summed E-state index contributed by atoms with van der Waals surface area (Å²) >= 11 is 0. The van der Waals surface area contributed by atoms with E-state index in [1.54, 1.807) is 0 Å². The van der Waals surface area contributed by atoms with Crippen LogP contribution in [-0.2, 0) is 10.8 Å². The zero-order valence-electron chi connectivity index (χ0n) is 21.2. The molecule has 3 nitrogen and oxygen atoms in total. The van der Waals surface area contributed by atoms with Gasteiger partial charge in [0, 0.05) is 17.7 Å². The summed E-state index contributed by atoms with van der Waals surface area (Å²) in [6, 6.07) is 5.24. The molecule has 0 aromatic heterocycles. The van der Waals surface area contributed by atoms with E-state index in [9.17, 15) is 57.5 Å². The number of carbonyl (C=O) groups is 1. The summed E-state index contributed by atoms with van der Waals surface area (Å²) in [4.78, 5) is 12.4. The highest BCUT2D eigenvalue weighted by molar-refractivity contribution is 5.92. The van der Waals surface area contributed by atoms with Crippen LogP contribution in [0.5, 0.6) is 5.75 Å². The predicted molar refractivity (Wildman–Crippen MR) is 130 cm³/mol. The summed E-state index contributed by atoms with van der Waals surface area (Å²) in [6.07, 6.45) is -10.3. The SMILES string of the molecule is C=Cc1ccc(-c2cc(F)c(-c3cc(F)c(C(=O)Oc4cc(F)c(C(F)(F)OC(F)(F)F)c(F)c4)c(F)c3)c(F)c2)c(F)c1. The van der Waals surface area contributed by atoms with Crippen molar-refractivity contribution in [3.8, 4) is 28.0 Å². The normalized spacial score (nSPS) is 11.9. The Morgan fingerprint density at radius 1 is 0.659 bits per heavy atom. The van der Waals surface area contributed by atoms with Crippen LogP contribution in [0.15, 0.2) is 61.2 Å². The number of esters is 1. The maximum absolute atomic E-state index is 14.9. The van der Waals surface area contributed by atoms with Crippen LogP contribution in [0.3, 0.4) is 0 Å². The highest BCUT2D eigenvalue weighted by Crippen LogP contribution is 2.40. The number of rotatable bonds is 7. The summed E-state index contributed by atoms with van der Waals surface area (Å²) in [5.41, 5.74) is -5.96. The monoisotopic (exact) mass is 636 g/mol. The van der Waals surface area contributed by atoms with Crippen LogP contribution in [0.1, 0.15) is 21.5 Å². The molecule has 0 bridgehead atoms. The lowest BCUT2D eigenvalue weighted by atomic mass is 9.97. The Labute approximate surface area is 238 Å². The molecule has 0 spiro atoms. The molecule has 230 valence electrons. The molecule has 0 unspecified atom stereocenters. The molecule has 0 saturated carbocycles. The van der Waals surface area contributed by atoms with Gasteiger partial charge in [0.05, 0.1) is 5.56 Å². The number of hydrogen-bond donors (Lipinski definition) is 0. The number of hydrogen-bond acceptors (Lipinski definition) is 3. The van der Waals surface area contributed by atoms with Crippen molar-refractivity contribution in [1.82, 2.24) is 0 Å². The minimum atomic E-state index is -6.02. The maximum atomic E-state index is 14.9. The van der Waals surface area contributed by atoms with Gasteiger partial charge in [0.15, 0.2) is 0 Å². The molecule has 0 saturated heterocycles. The van der Waals surface area contributed by atoms with Gasteiger partial charge in [-0.2, -0.15) is 8.78 Å². The van der Waals surface area contributed by atoms with Crippen molar-refractivity contribution in [3.63, 3.8) is 0 Å². The summed E-state index contributed by atoms with van der Waals surface area (Å²) < 4.78 is 173.